The van der Waals surface area contributed by atoms with Crippen LogP contribution < -0.4 is 4.90 Å². The Morgan fingerprint density at radius 1 is 1.71 bits per heavy atom. The van der Waals surface area contributed by atoms with Gasteiger partial charge in [0.05, 0.1) is 11.1 Å². The molecule has 1 unspecified atom stereocenters. The van der Waals surface area contributed by atoms with E-state index in [-0.39, 0.29) is 0 Å². The molecule has 2 rings (SSSR count). The zero-order valence-electron chi connectivity index (χ0n) is 9.55. The standard InChI is InChI=1S/C12H13N3O2/c1-12(11(16)17)4-6-15(8-12)10-3-2-5-14-9(10)7-13/h2-3,5H,4,6,8H2,1H3,(H,16,17). The van der Waals surface area contributed by atoms with Crippen LogP contribution in [0.5, 0.6) is 0 Å². The summed E-state index contributed by atoms with van der Waals surface area (Å²) in [7, 11) is 0. The van der Waals surface area contributed by atoms with Crippen molar-refractivity contribution in [1.82, 2.24) is 4.98 Å². The molecule has 88 valence electrons. The first-order chi connectivity index (χ1) is 8.07. The van der Waals surface area contributed by atoms with Gasteiger partial charge in [0.1, 0.15) is 6.07 Å². The third-order valence-electron chi connectivity index (χ3n) is 3.22. The number of carboxylic acids is 1. The summed E-state index contributed by atoms with van der Waals surface area (Å²) in [5, 5.41) is 18.1. The highest BCUT2D eigenvalue weighted by atomic mass is 16.4. The number of aromatic nitrogens is 1. The molecule has 0 radical (unpaired) electrons. The maximum absolute atomic E-state index is 11.1. The summed E-state index contributed by atoms with van der Waals surface area (Å²) in [6.45, 7) is 2.80. The van der Waals surface area contributed by atoms with E-state index in [0.29, 0.717) is 25.2 Å². The monoisotopic (exact) mass is 231 g/mol. The Morgan fingerprint density at radius 2 is 2.47 bits per heavy atom. The van der Waals surface area contributed by atoms with Gasteiger partial charge in [-0.15, -0.1) is 0 Å². The van der Waals surface area contributed by atoms with E-state index in [9.17, 15) is 4.79 Å². The van der Waals surface area contributed by atoms with Crippen LogP contribution in [0.25, 0.3) is 0 Å². The SMILES string of the molecule is CC1(C(=O)O)CCN(c2cccnc2C#N)C1. The molecule has 0 aromatic carbocycles. The quantitative estimate of drug-likeness (QED) is 0.829. The van der Waals surface area contributed by atoms with E-state index >= 15 is 0 Å². The molecule has 0 saturated carbocycles. The molecule has 0 spiro atoms. The van der Waals surface area contributed by atoms with Crippen LogP contribution in [0.1, 0.15) is 19.0 Å². The van der Waals surface area contributed by atoms with Crippen molar-refractivity contribution < 1.29 is 9.90 Å². The van der Waals surface area contributed by atoms with Gasteiger partial charge in [-0.2, -0.15) is 5.26 Å². The molecule has 1 aliphatic rings. The predicted molar refractivity (Wildman–Crippen MR) is 61.5 cm³/mol. The number of carbonyl (C=O) groups is 1. The van der Waals surface area contributed by atoms with Crippen molar-refractivity contribution >= 4 is 11.7 Å². The number of hydrogen-bond donors (Lipinski definition) is 1. The number of anilines is 1. The van der Waals surface area contributed by atoms with Gasteiger partial charge in [0.2, 0.25) is 0 Å². The number of aliphatic carboxylic acids is 1. The first-order valence-electron chi connectivity index (χ1n) is 5.40. The minimum atomic E-state index is -0.789. The second-order valence-electron chi connectivity index (χ2n) is 4.52. The third-order valence-corrected chi connectivity index (χ3v) is 3.22. The van der Waals surface area contributed by atoms with Crippen molar-refractivity contribution in [2.45, 2.75) is 13.3 Å². The smallest absolute Gasteiger partial charge is 0.311 e. The largest absolute Gasteiger partial charge is 0.481 e. The molecule has 5 heteroatoms. The normalized spacial score (nSPS) is 23.4. The Bertz CT molecular complexity index is 495. The van der Waals surface area contributed by atoms with E-state index in [0.717, 1.165) is 5.69 Å². The number of nitriles is 1. The molecule has 1 atom stereocenters. The summed E-state index contributed by atoms with van der Waals surface area (Å²) in [4.78, 5) is 17.0. The molecule has 17 heavy (non-hydrogen) atoms. The van der Waals surface area contributed by atoms with Crippen LogP contribution in [0.4, 0.5) is 5.69 Å². The van der Waals surface area contributed by atoms with Gasteiger partial charge in [-0.1, -0.05) is 0 Å². The number of pyridine rings is 1. The molecule has 0 bridgehead atoms. The molecule has 0 aliphatic carbocycles. The van der Waals surface area contributed by atoms with Crippen LogP contribution in [-0.2, 0) is 4.79 Å². The second-order valence-corrected chi connectivity index (χ2v) is 4.52. The zero-order valence-corrected chi connectivity index (χ0v) is 9.55. The first kappa shape index (κ1) is 11.4. The molecule has 1 aromatic heterocycles. The Hall–Kier alpha value is -2.09. The van der Waals surface area contributed by atoms with E-state index in [2.05, 4.69) is 4.98 Å². The summed E-state index contributed by atoms with van der Waals surface area (Å²) >= 11 is 0. The van der Waals surface area contributed by atoms with Gasteiger partial charge < -0.3 is 10.0 Å². The minimum absolute atomic E-state index is 0.349. The van der Waals surface area contributed by atoms with Gasteiger partial charge in [0, 0.05) is 19.3 Å². The third kappa shape index (κ3) is 1.94. The Kier molecular flexibility index (Phi) is 2.72. The summed E-state index contributed by atoms with van der Waals surface area (Å²) < 4.78 is 0. The highest BCUT2D eigenvalue weighted by molar-refractivity contribution is 5.76. The van der Waals surface area contributed by atoms with Crippen molar-refractivity contribution in [3.63, 3.8) is 0 Å². The van der Waals surface area contributed by atoms with E-state index in [1.54, 1.807) is 25.3 Å². The van der Waals surface area contributed by atoms with E-state index in [1.165, 1.54) is 0 Å². The summed E-state index contributed by atoms with van der Waals surface area (Å²) in [5.41, 5.74) is 0.338. The van der Waals surface area contributed by atoms with Gasteiger partial charge in [-0.05, 0) is 25.5 Å². The fourth-order valence-corrected chi connectivity index (χ4v) is 2.08. The van der Waals surface area contributed by atoms with Gasteiger partial charge in [0.25, 0.3) is 0 Å². The van der Waals surface area contributed by atoms with Gasteiger partial charge in [0.15, 0.2) is 5.69 Å². The van der Waals surface area contributed by atoms with Crippen molar-refractivity contribution in [1.29, 1.82) is 5.26 Å². The molecule has 1 N–H and O–H groups in total. The maximum atomic E-state index is 11.1. The van der Waals surface area contributed by atoms with Crippen LogP contribution in [0.2, 0.25) is 0 Å². The molecule has 1 aliphatic heterocycles. The van der Waals surface area contributed by atoms with Crippen molar-refractivity contribution in [3.05, 3.63) is 24.0 Å². The predicted octanol–water partition coefficient (Wildman–Crippen LogP) is 1.25. The molecular formula is C12H13N3O2. The van der Waals surface area contributed by atoms with Crippen LogP contribution in [-0.4, -0.2) is 29.1 Å². The zero-order chi connectivity index (χ0) is 12.5. The highest BCUT2D eigenvalue weighted by Crippen LogP contribution is 2.34. The summed E-state index contributed by atoms with van der Waals surface area (Å²) in [6, 6.07) is 5.59. The minimum Gasteiger partial charge on any atom is -0.481 e. The number of rotatable bonds is 2. The lowest BCUT2D eigenvalue weighted by Gasteiger charge is -2.22. The second kappa shape index (κ2) is 4.06. The van der Waals surface area contributed by atoms with E-state index < -0.39 is 11.4 Å². The topological polar surface area (TPSA) is 77.2 Å². The lowest BCUT2D eigenvalue weighted by molar-refractivity contribution is -0.146. The summed E-state index contributed by atoms with van der Waals surface area (Å²) in [6.07, 6.45) is 2.15. The van der Waals surface area contributed by atoms with Crippen LogP contribution in [0, 0.1) is 16.7 Å². The van der Waals surface area contributed by atoms with Gasteiger partial charge >= 0.3 is 5.97 Å². The summed E-state index contributed by atoms with van der Waals surface area (Å²) in [5.74, 6) is -0.789. The molecule has 2 heterocycles. The fraction of sp³-hybridized carbons (Fsp3) is 0.417. The molecule has 5 nitrogen and oxygen atoms in total. The number of nitrogens with zero attached hydrogens (tertiary/aromatic N) is 3. The van der Waals surface area contributed by atoms with Gasteiger partial charge in [-0.3, -0.25) is 4.79 Å². The van der Waals surface area contributed by atoms with Crippen LogP contribution >= 0.6 is 0 Å². The molecule has 0 amide bonds. The van der Waals surface area contributed by atoms with E-state index in [1.807, 2.05) is 11.0 Å². The number of hydrogen-bond acceptors (Lipinski definition) is 4. The Balaban J connectivity index is 2.27. The molecule has 1 saturated heterocycles. The Morgan fingerprint density at radius 3 is 3.06 bits per heavy atom. The Labute approximate surface area is 99.3 Å². The van der Waals surface area contributed by atoms with Crippen molar-refractivity contribution in [2.24, 2.45) is 5.41 Å². The van der Waals surface area contributed by atoms with Crippen molar-refractivity contribution in [2.75, 3.05) is 18.0 Å². The van der Waals surface area contributed by atoms with Gasteiger partial charge in [-0.25, -0.2) is 4.98 Å². The van der Waals surface area contributed by atoms with Crippen LogP contribution in [0.15, 0.2) is 18.3 Å². The van der Waals surface area contributed by atoms with Crippen molar-refractivity contribution in [3.8, 4) is 6.07 Å². The first-order valence-corrected chi connectivity index (χ1v) is 5.40. The fourth-order valence-electron chi connectivity index (χ4n) is 2.08. The lowest BCUT2D eigenvalue weighted by Crippen LogP contribution is -2.32. The number of carboxylic acid groups (broad SMARTS) is 1. The lowest BCUT2D eigenvalue weighted by atomic mass is 9.90. The maximum Gasteiger partial charge on any atom is 0.311 e. The molecule has 1 aromatic rings. The average molecular weight is 231 g/mol. The molecular weight excluding hydrogens is 218 g/mol. The van der Waals surface area contributed by atoms with E-state index in [4.69, 9.17) is 10.4 Å². The highest BCUT2D eigenvalue weighted by Gasteiger charge is 2.41. The van der Waals surface area contributed by atoms with Crippen LogP contribution in [0.3, 0.4) is 0 Å². The molecule has 1 fully saturated rings. The average Bonchev–Trinajstić information content (AvgIpc) is 2.73.